The van der Waals surface area contributed by atoms with Gasteiger partial charge in [0.2, 0.25) is 0 Å². The molecule has 2 aromatic carbocycles. The van der Waals surface area contributed by atoms with E-state index in [-0.39, 0.29) is 10.5 Å². The second-order valence-electron chi connectivity index (χ2n) is 6.76. The summed E-state index contributed by atoms with van der Waals surface area (Å²) in [5.41, 5.74) is 6.59. The summed E-state index contributed by atoms with van der Waals surface area (Å²) in [5, 5.41) is 0.504. The predicted molar refractivity (Wildman–Crippen MR) is 113 cm³/mol. The zero-order valence-corrected chi connectivity index (χ0v) is 17.4. The maximum atomic E-state index is 12.6. The molecule has 0 saturated heterocycles. The van der Waals surface area contributed by atoms with Gasteiger partial charge in [-0.05, 0) is 61.2 Å². The van der Waals surface area contributed by atoms with E-state index in [1.165, 1.54) is 24.3 Å². The Morgan fingerprint density at radius 2 is 1.79 bits per heavy atom. The van der Waals surface area contributed by atoms with Crippen molar-refractivity contribution < 1.29 is 13.2 Å². The van der Waals surface area contributed by atoms with Gasteiger partial charge in [0.25, 0.3) is 15.9 Å². The largest absolute Gasteiger partial charge is 0.303 e. The average molecular weight is 422 g/mol. The first-order valence-corrected chi connectivity index (χ1v) is 10.7. The van der Waals surface area contributed by atoms with Gasteiger partial charge in [0.05, 0.1) is 4.90 Å². The van der Waals surface area contributed by atoms with Gasteiger partial charge in [0.1, 0.15) is 0 Å². The molecule has 150 valence electrons. The van der Waals surface area contributed by atoms with Crippen LogP contribution in [0.1, 0.15) is 37.0 Å². The molecule has 3 N–H and O–H groups in total. The van der Waals surface area contributed by atoms with Crippen LogP contribution in [0.3, 0.4) is 0 Å². The molecule has 0 spiro atoms. The quantitative estimate of drug-likeness (QED) is 0.526. The monoisotopic (exact) mass is 421 g/mol. The number of hydrogen-bond acceptors (Lipinski definition) is 4. The Balaban J connectivity index is 2.04. The van der Waals surface area contributed by atoms with Crippen molar-refractivity contribution in [2.24, 2.45) is 5.92 Å². The smallest absolute Gasteiger partial charge is 0.269 e. The first-order valence-electron chi connectivity index (χ1n) is 8.80. The van der Waals surface area contributed by atoms with Crippen molar-refractivity contribution >= 4 is 33.2 Å². The number of nitrogens with one attached hydrogen (secondary N) is 3. The zero-order valence-electron chi connectivity index (χ0n) is 15.8. The summed E-state index contributed by atoms with van der Waals surface area (Å²) >= 11 is 5.81. The molecule has 1 amide bonds. The molecule has 0 aliphatic heterocycles. The van der Waals surface area contributed by atoms with Crippen LogP contribution in [0.2, 0.25) is 5.02 Å². The molecule has 0 saturated carbocycles. The highest BCUT2D eigenvalue weighted by molar-refractivity contribution is 7.92. The average Bonchev–Trinajstić information content (AvgIpc) is 2.66. The molecule has 0 fully saturated rings. The van der Waals surface area contributed by atoms with Crippen LogP contribution in [0.4, 0.5) is 5.69 Å². The van der Waals surface area contributed by atoms with Gasteiger partial charge in [-0.1, -0.05) is 38.1 Å². The van der Waals surface area contributed by atoms with Crippen LogP contribution >= 0.6 is 11.6 Å². The molecule has 0 radical (unpaired) electrons. The molecule has 2 rings (SSSR count). The number of sulfonamides is 1. The lowest BCUT2D eigenvalue weighted by Crippen LogP contribution is -2.36. The summed E-state index contributed by atoms with van der Waals surface area (Å²) < 4.78 is 27.6. The number of halogens is 1. The number of allylic oxidation sites excluding steroid dienone is 1. The summed E-state index contributed by atoms with van der Waals surface area (Å²) in [6.07, 6.45) is 1.68. The molecular formula is C20H24ClN3O3S. The molecule has 2 aromatic rings. The number of hydrazine groups is 1. The first-order chi connectivity index (χ1) is 13.2. The molecule has 0 aliphatic rings. The molecule has 0 aromatic heterocycles. The summed E-state index contributed by atoms with van der Waals surface area (Å²) in [5.74, 6) is 0.0820. The van der Waals surface area contributed by atoms with Gasteiger partial charge < -0.3 is 5.43 Å². The summed E-state index contributed by atoms with van der Waals surface area (Å²) in [6.45, 7) is 8.08. The fraction of sp³-hybridized carbons (Fsp3) is 0.250. The SMILES string of the molecule is C=C(CCC(C)C)NNC(=O)c1cccc(S(=O)(=O)Nc2ccc(Cl)cc2)c1. The van der Waals surface area contributed by atoms with Gasteiger partial charge in [-0.15, -0.1) is 0 Å². The molecule has 28 heavy (non-hydrogen) atoms. The highest BCUT2D eigenvalue weighted by Crippen LogP contribution is 2.19. The van der Waals surface area contributed by atoms with Crippen LogP contribution in [0.25, 0.3) is 0 Å². The van der Waals surface area contributed by atoms with E-state index in [9.17, 15) is 13.2 Å². The number of carbonyl (C=O) groups is 1. The van der Waals surface area contributed by atoms with Gasteiger partial charge in [-0.25, -0.2) is 8.42 Å². The van der Waals surface area contributed by atoms with Crippen molar-refractivity contribution in [2.75, 3.05) is 4.72 Å². The van der Waals surface area contributed by atoms with Crippen molar-refractivity contribution in [2.45, 2.75) is 31.6 Å². The molecule has 0 heterocycles. The lowest BCUT2D eigenvalue weighted by atomic mass is 10.1. The number of carbonyl (C=O) groups excluding carboxylic acids is 1. The van der Waals surface area contributed by atoms with Crippen molar-refractivity contribution in [1.29, 1.82) is 0 Å². The first kappa shape index (κ1) is 21.8. The summed E-state index contributed by atoms with van der Waals surface area (Å²) in [4.78, 5) is 12.3. The van der Waals surface area contributed by atoms with Crippen LogP contribution in [0, 0.1) is 5.92 Å². The molecule has 0 unspecified atom stereocenters. The molecule has 0 bridgehead atoms. The van der Waals surface area contributed by atoms with Crippen LogP contribution in [0.5, 0.6) is 0 Å². The van der Waals surface area contributed by atoms with E-state index >= 15 is 0 Å². The molecule has 0 aliphatic carbocycles. The van der Waals surface area contributed by atoms with Crippen molar-refractivity contribution in [1.82, 2.24) is 10.9 Å². The molecule has 6 nitrogen and oxygen atoms in total. The van der Waals surface area contributed by atoms with Gasteiger partial charge in [-0.2, -0.15) is 0 Å². The van der Waals surface area contributed by atoms with Gasteiger partial charge in [-0.3, -0.25) is 14.9 Å². The third-order valence-electron chi connectivity index (χ3n) is 3.88. The Morgan fingerprint density at radius 1 is 1.11 bits per heavy atom. The minimum absolute atomic E-state index is 0.0197. The van der Waals surface area contributed by atoms with E-state index < -0.39 is 15.9 Å². The van der Waals surface area contributed by atoms with Crippen LogP contribution in [-0.4, -0.2) is 14.3 Å². The lowest BCUT2D eigenvalue weighted by Gasteiger charge is -2.13. The fourth-order valence-electron chi connectivity index (χ4n) is 2.28. The van der Waals surface area contributed by atoms with E-state index in [0.717, 1.165) is 12.8 Å². The summed E-state index contributed by atoms with van der Waals surface area (Å²) in [6, 6.07) is 12.1. The van der Waals surface area contributed by atoms with Gasteiger partial charge in [0.15, 0.2) is 0 Å². The minimum Gasteiger partial charge on any atom is -0.303 e. The van der Waals surface area contributed by atoms with Crippen molar-refractivity contribution in [3.63, 3.8) is 0 Å². The van der Waals surface area contributed by atoms with Gasteiger partial charge in [0, 0.05) is 22.0 Å². The third kappa shape index (κ3) is 6.58. The molecule has 8 heteroatoms. The van der Waals surface area contributed by atoms with Crippen LogP contribution in [-0.2, 0) is 10.0 Å². The highest BCUT2D eigenvalue weighted by atomic mass is 35.5. The maximum absolute atomic E-state index is 12.6. The Labute approximate surface area is 171 Å². The maximum Gasteiger partial charge on any atom is 0.269 e. The van der Waals surface area contributed by atoms with Crippen molar-refractivity contribution in [3.05, 3.63) is 71.4 Å². The Morgan fingerprint density at radius 3 is 2.43 bits per heavy atom. The predicted octanol–water partition coefficient (Wildman–Crippen LogP) is 4.33. The number of rotatable bonds is 9. The van der Waals surface area contributed by atoms with E-state index in [1.54, 1.807) is 24.3 Å². The van der Waals surface area contributed by atoms with E-state index in [2.05, 4.69) is 36.0 Å². The van der Waals surface area contributed by atoms with Crippen LogP contribution < -0.4 is 15.6 Å². The van der Waals surface area contributed by atoms with E-state index in [4.69, 9.17) is 11.6 Å². The topological polar surface area (TPSA) is 87.3 Å². The second kappa shape index (κ2) is 9.61. The van der Waals surface area contributed by atoms with Crippen molar-refractivity contribution in [3.8, 4) is 0 Å². The second-order valence-corrected chi connectivity index (χ2v) is 8.87. The number of hydrogen-bond donors (Lipinski definition) is 3. The highest BCUT2D eigenvalue weighted by Gasteiger charge is 2.16. The Kier molecular flexibility index (Phi) is 7.48. The lowest BCUT2D eigenvalue weighted by molar-refractivity contribution is 0.0938. The Hall–Kier alpha value is -2.51. The summed E-state index contributed by atoms with van der Waals surface area (Å²) in [7, 11) is -3.84. The fourth-order valence-corrected chi connectivity index (χ4v) is 3.51. The standard InChI is InChI=1S/C20H24ClN3O3S/c1-14(2)7-8-15(3)22-23-20(25)16-5-4-6-19(13-16)28(26,27)24-18-11-9-17(21)10-12-18/h4-6,9-14,22,24H,3,7-8H2,1-2H3,(H,23,25). The normalized spacial score (nSPS) is 11.1. The molecular weight excluding hydrogens is 398 g/mol. The molecule has 0 atom stereocenters. The minimum atomic E-state index is -3.84. The Bertz CT molecular complexity index is 941. The van der Waals surface area contributed by atoms with Crippen LogP contribution in [0.15, 0.2) is 65.7 Å². The third-order valence-corrected chi connectivity index (χ3v) is 5.51. The van der Waals surface area contributed by atoms with Gasteiger partial charge >= 0.3 is 0 Å². The number of amides is 1. The number of anilines is 1. The number of benzene rings is 2. The zero-order chi connectivity index (χ0) is 20.7. The van der Waals surface area contributed by atoms with E-state index in [1.807, 2.05) is 0 Å². The van der Waals surface area contributed by atoms with E-state index in [0.29, 0.717) is 22.3 Å².